The van der Waals surface area contributed by atoms with E-state index in [1.54, 1.807) is 11.3 Å². The first-order valence-corrected chi connectivity index (χ1v) is 6.46. The Kier molecular flexibility index (Phi) is 3.24. The molecule has 2 N–H and O–H groups in total. The van der Waals surface area contributed by atoms with E-state index in [2.05, 4.69) is 23.8 Å². The van der Waals surface area contributed by atoms with Crippen molar-refractivity contribution in [3.05, 3.63) is 22.4 Å². The van der Waals surface area contributed by atoms with Crippen molar-refractivity contribution in [1.82, 2.24) is 0 Å². The van der Waals surface area contributed by atoms with Gasteiger partial charge in [-0.15, -0.1) is 0 Å². The Hall–Kier alpha value is -0.340. The predicted octanol–water partition coefficient (Wildman–Crippen LogP) is 3.05. The molecule has 0 aliphatic heterocycles. The minimum Gasteiger partial charge on any atom is -0.327 e. The van der Waals surface area contributed by atoms with E-state index in [0.717, 1.165) is 5.92 Å². The molecule has 14 heavy (non-hydrogen) atoms. The minimum atomic E-state index is 0.436. The molecule has 1 aliphatic rings. The molecular formula is C12H19NS. The van der Waals surface area contributed by atoms with Crippen LogP contribution >= 0.6 is 11.3 Å². The molecule has 0 saturated heterocycles. The lowest BCUT2D eigenvalue weighted by Crippen LogP contribution is -2.36. The third-order valence-corrected chi connectivity index (χ3v) is 4.11. The van der Waals surface area contributed by atoms with Gasteiger partial charge in [-0.25, -0.2) is 0 Å². The zero-order chi connectivity index (χ0) is 9.97. The quantitative estimate of drug-likeness (QED) is 0.796. The van der Waals surface area contributed by atoms with Gasteiger partial charge < -0.3 is 5.73 Å². The highest BCUT2D eigenvalue weighted by atomic mass is 32.1. The average molecular weight is 209 g/mol. The highest BCUT2D eigenvalue weighted by molar-refractivity contribution is 7.07. The summed E-state index contributed by atoms with van der Waals surface area (Å²) in [5, 5.41) is 4.42. The van der Waals surface area contributed by atoms with Crippen LogP contribution in [0.3, 0.4) is 0 Å². The lowest BCUT2D eigenvalue weighted by atomic mass is 9.77. The van der Waals surface area contributed by atoms with Gasteiger partial charge >= 0.3 is 0 Å². The van der Waals surface area contributed by atoms with Gasteiger partial charge in [0.1, 0.15) is 0 Å². The Morgan fingerprint density at radius 3 is 3.07 bits per heavy atom. The summed E-state index contributed by atoms with van der Waals surface area (Å²) in [5.41, 5.74) is 7.64. The van der Waals surface area contributed by atoms with Crippen molar-refractivity contribution in [3.63, 3.8) is 0 Å². The maximum absolute atomic E-state index is 6.16. The highest BCUT2D eigenvalue weighted by Crippen LogP contribution is 2.30. The van der Waals surface area contributed by atoms with Crippen LogP contribution in [0.1, 0.15) is 31.7 Å². The van der Waals surface area contributed by atoms with Gasteiger partial charge in [-0.3, -0.25) is 0 Å². The van der Waals surface area contributed by atoms with Crippen molar-refractivity contribution in [2.45, 2.75) is 38.6 Å². The summed E-state index contributed by atoms with van der Waals surface area (Å²) in [7, 11) is 0. The summed E-state index contributed by atoms with van der Waals surface area (Å²) < 4.78 is 0. The smallest absolute Gasteiger partial charge is 0.00705 e. The molecule has 0 radical (unpaired) electrons. The fourth-order valence-electron chi connectivity index (χ4n) is 2.47. The Labute approximate surface area is 90.3 Å². The van der Waals surface area contributed by atoms with Gasteiger partial charge in [0.05, 0.1) is 0 Å². The van der Waals surface area contributed by atoms with Crippen molar-refractivity contribution in [3.8, 4) is 0 Å². The molecule has 1 saturated carbocycles. The topological polar surface area (TPSA) is 26.0 Å². The maximum Gasteiger partial charge on any atom is 0.00705 e. The van der Waals surface area contributed by atoms with Crippen LogP contribution in [0.2, 0.25) is 0 Å². The maximum atomic E-state index is 6.16. The normalized spacial score (nSPS) is 33.1. The molecular weight excluding hydrogens is 190 g/mol. The van der Waals surface area contributed by atoms with Gasteiger partial charge in [0, 0.05) is 6.04 Å². The molecule has 1 heterocycles. The van der Waals surface area contributed by atoms with Crippen molar-refractivity contribution in [2.24, 2.45) is 17.6 Å². The third kappa shape index (κ3) is 2.37. The third-order valence-electron chi connectivity index (χ3n) is 3.38. The van der Waals surface area contributed by atoms with Gasteiger partial charge in [0.25, 0.3) is 0 Å². The van der Waals surface area contributed by atoms with Gasteiger partial charge in [-0.05, 0) is 59.9 Å². The van der Waals surface area contributed by atoms with Gasteiger partial charge in [0.2, 0.25) is 0 Å². The highest BCUT2D eigenvalue weighted by Gasteiger charge is 2.25. The lowest BCUT2D eigenvalue weighted by molar-refractivity contribution is 0.245. The SMILES string of the molecule is CC1CCC(N)C(Cc2ccsc2)C1. The first-order valence-electron chi connectivity index (χ1n) is 5.52. The number of hydrogen-bond acceptors (Lipinski definition) is 2. The summed E-state index contributed by atoms with van der Waals surface area (Å²) in [4.78, 5) is 0. The minimum absolute atomic E-state index is 0.436. The van der Waals surface area contributed by atoms with Crippen molar-refractivity contribution in [2.75, 3.05) is 0 Å². The summed E-state index contributed by atoms with van der Waals surface area (Å²) in [6.07, 6.45) is 5.04. The summed E-state index contributed by atoms with van der Waals surface area (Å²) in [6, 6.07) is 2.67. The summed E-state index contributed by atoms with van der Waals surface area (Å²) >= 11 is 1.79. The molecule has 0 spiro atoms. The summed E-state index contributed by atoms with van der Waals surface area (Å²) in [5.74, 6) is 1.59. The Bertz CT molecular complexity index is 268. The second-order valence-electron chi connectivity index (χ2n) is 4.68. The predicted molar refractivity (Wildman–Crippen MR) is 62.5 cm³/mol. The van der Waals surface area contributed by atoms with E-state index in [1.807, 2.05) is 0 Å². The van der Waals surface area contributed by atoms with Crippen LogP contribution in [0.4, 0.5) is 0 Å². The van der Waals surface area contributed by atoms with Crippen molar-refractivity contribution >= 4 is 11.3 Å². The van der Waals surface area contributed by atoms with Crippen LogP contribution in [-0.4, -0.2) is 6.04 Å². The molecule has 2 rings (SSSR count). The fraction of sp³-hybridized carbons (Fsp3) is 0.667. The molecule has 1 fully saturated rings. The van der Waals surface area contributed by atoms with E-state index in [4.69, 9.17) is 5.73 Å². The van der Waals surface area contributed by atoms with Crippen molar-refractivity contribution < 1.29 is 0 Å². The molecule has 2 heteroatoms. The molecule has 78 valence electrons. The van der Waals surface area contributed by atoms with Crippen LogP contribution in [0, 0.1) is 11.8 Å². The van der Waals surface area contributed by atoms with Gasteiger partial charge in [0.15, 0.2) is 0 Å². The zero-order valence-corrected chi connectivity index (χ0v) is 9.59. The molecule has 1 aromatic rings. The Morgan fingerprint density at radius 1 is 1.50 bits per heavy atom. The van der Waals surface area contributed by atoms with E-state index in [9.17, 15) is 0 Å². The van der Waals surface area contributed by atoms with Crippen LogP contribution in [0.25, 0.3) is 0 Å². The van der Waals surface area contributed by atoms with Crippen LogP contribution < -0.4 is 5.73 Å². The Balaban J connectivity index is 1.95. The van der Waals surface area contributed by atoms with Crippen LogP contribution in [-0.2, 0) is 6.42 Å². The largest absolute Gasteiger partial charge is 0.327 e. The molecule has 1 aliphatic carbocycles. The Morgan fingerprint density at radius 2 is 2.36 bits per heavy atom. The lowest BCUT2D eigenvalue weighted by Gasteiger charge is -2.32. The second kappa shape index (κ2) is 4.45. The first kappa shape index (κ1) is 10.2. The van der Waals surface area contributed by atoms with Gasteiger partial charge in [-0.2, -0.15) is 11.3 Å². The molecule has 3 unspecified atom stereocenters. The fourth-order valence-corrected chi connectivity index (χ4v) is 3.15. The van der Waals surface area contributed by atoms with E-state index in [0.29, 0.717) is 12.0 Å². The number of thiophene rings is 1. The van der Waals surface area contributed by atoms with Crippen LogP contribution in [0.5, 0.6) is 0 Å². The number of nitrogens with two attached hydrogens (primary N) is 1. The average Bonchev–Trinajstić information content (AvgIpc) is 2.64. The van der Waals surface area contributed by atoms with Gasteiger partial charge in [-0.1, -0.05) is 6.92 Å². The molecule has 0 bridgehead atoms. The molecule has 1 aromatic heterocycles. The number of rotatable bonds is 2. The first-order chi connectivity index (χ1) is 6.75. The van der Waals surface area contributed by atoms with E-state index >= 15 is 0 Å². The number of hydrogen-bond donors (Lipinski definition) is 1. The molecule has 0 aromatic carbocycles. The standard InChI is InChI=1S/C12H19NS/c1-9-2-3-12(13)11(6-9)7-10-4-5-14-8-10/h4-5,8-9,11-12H,2-3,6-7,13H2,1H3. The van der Waals surface area contributed by atoms with Crippen molar-refractivity contribution in [1.29, 1.82) is 0 Å². The van der Waals surface area contributed by atoms with E-state index < -0.39 is 0 Å². The van der Waals surface area contributed by atoms with Crippen LogP contribution in [0.15, 0.2) is 16.8 Å². The summed E-state index contributed by atoms with van der Waals surface area (Å²) in [6.45, 7) is 2.35. The molecule has 0 amide bonds. The monoisotopic (exact) mass is 209 g/mol. The second-order valence-corrected chi connectivity index (χ2v) is 5.46. The zero-order valence-electron chi connectivity index (χ0n) is 8.78. The molecule has 3 atom stereocenters. The van der Waals surface area contributed by atoms with E-state index in [-0.39, 0.29) is 0 Å². The molecule has 1 nitrogen and oxygen atoms in total. The van der Waals surface area contributed by atoms with E-state index in [1.165, 1.54) is 31.2 Å².